The fourth-order valence-corrected chi connectivity index (χ4v) is 5.90. The first-order chi connectivity index (χ1) is 12.5. The molecule has 6 heteroatoms. The first-order valence-electron chi connectivity index (χ1n) is 9.70. The summed E-state index contributed by atoms with van der Waals surface area (Å²) in [6.07, 6.45) is 5.87. The van der Waals surface area contributed by atoms with E-state index in [1.54, 1.807) is 11.3 Å². The van der Waals surface area contributed by atoms with Crippen LogP contribution in [0.4, 0.5) is 0 Å². The maximum atomic E-state index is 12.3. The van der Waals surface area contributed by atoms with E-state index in [2.05, 4.69) is 13.8 Å². The molecule has 1 saturated heterocycles. The Labute approximate surface area is 160 Å². The molecule has 146 valence electrons. The SMILES string of the molecule is COC(=O)c1c(CCCN)sc([C@H](C)C2CCC3(CC2)OCCO3)c1C. The number of carbonyl (C=O) groups excluding carboxylic acids is 1. The summed E-state index contributed by atoms with van der Waals surface area (Å²) < 4.78 is 16.8. The highest BCUT2D eigenvalue weighted by Crippen LogP contribution is 2.46. The highest BCUT2D eigenvalue weighted by atomic mass is 32.1. The summed E-state index contributed by atoms with van der Waals surface area (Å²) in [6, 6.07) is 0. The molecule has 0 radical (unpaired) electrons. The van der Waals surface area contributed by atoms with Gasteiger partial charge in [-0.1, -0.05) is 6.92 Å². The molecule has 26 heavy (non-hydrogen) atoms. The first kappa shape index (κ1) is 19.8. The van der Waals surface area contributed by atoms with Crippen LogP contribution in [0.5, 0.6) is 0 Å². The third-order valence-electron chi connectivity index (χ3n) is 5.98. The molecule has 0 aromatic carbocycles. The van der Waals surface area contributed by atoms with Crippen molar-refractivity contribution in [1.82, 2.24) is 0 Å². The Kier molecular flexibility index (Phi) is 6.38. The Balaban J connectivity index is 1.77. The molecule has 1 spiro atoms. The van der Waals surface area contributed by atoms with E-state index in [4.69, 9.17) is 19.9 Å². The summed E-state index contributed by atoms with van der Waals surface area (Å²) in [4.78, 5) is 14.8. The van der Waals surface area contributed by atoms with Gasteiger partial charge in [-0.25, -0.2) is 4.79 Å². The smallest absolute Gasteiger partial charge is 0.339 e. The summed E-state index contributed by atoms with van der Waals surface area (Å²) in [6.45, 7) is 6.43. The van der Waals surface area contributed by atoms with Crippen molar-refractivity contribution in [3.05, 3.63) is 20.9 Å². The van der Waals surface area contributed by atoms with Gasteiger partial charge in [0.15, 0.2) is 5.79 Å². The minimum Gasteiger partial charge on any atom is -0.465 e. The molecule has 5 nitrogen and oxygen atoms in total. The topological polar surface area (TPSA) is 70.8 Å². The third kappa shape index (κ3) is 3.84. The summed E-state index contributed by atoms with van der Waals surface area (Å²) in [7, 11) is 1.46. The van der Waals surface area contributed by atoms with Crippen LogP contribution >= 0.6 is 11.3 Å². The zero-order valence-electron chi connectivity index (χ0n) is 16.1. The molecule has 1 saturated carbocycles. The Morgan fingerprint density at radius 1 is 1.35 bits per heavy atom. The lowest BCUT2D eigenvalue weighted by atomic mass is 9.77. The molecule has 0 unspecified atom stereocenters. The van der Waals surface area contributed by atoms with Crippen molar-refractivity contribution < 1.29 is 19.0 Å². The van der Waals surface area contributed by atoms with Gasteiger partial charge in [0.2, 0.25) is 0 Å². The molecule has 0 bridgehead atoms. The van der Waals surface area contributed by atoms with Crippen LogP contribution in [0, 0.1) is 12.8 Å². The lowest BCUT2D eigenvalue weighted by Gasteiger charge is -2.37. The number of rotatable bonds is 6. The molecule has 2 N–H and O–H groups in total. The zero-order chi connectivity index (χ0) is 18.7. The minimum absolute atomic E-state index is 0.223. The second kappa shape index (κ2) is 8.38. The molecule has 2 aliphatic rings. The lowest BCUT2D eigenvalue weighted by Crippen LogP contribution is -2.36. The Morgan fingerprint density at radius 2 is 2.00 bits per heavy atom. The monoisotopic (exact) mass is 381 g/mol. The van der Waals surface area contributed by atoms with E-state index < -0.39 is 0 Å². The largest absolute Gasteiger partial charge is 0.465 e. The Bertz CT molecular complexity index is 626. The predicted molar refractivity (Wildman–Crippen MR) is 103 cm³/mol. The first-order valence-corrected chi connectivity index (χ1v) is 10.5. The molecule has 3 rings (SSSR count). The van der Waals surface area contributed by atoms with Crippen LogP contribution in [0.15, 0.2) is 0 Å². The van der Waals surface area contributed by atoms with Crippen molar-refractivity contribution in [1.29, 1.82) is 0 Å². The molecule has 2 fully saturated rings. The quantitative estimate of drug-likeness (QED) is 0.760. The van der Waals surface area contributed by atoms with Crippen molar-refractivity contribution in [3.63, 3.8) is 0 Å². The number of carbonyl (C=O) groups is 1. The fraction of sp³-hybridized carbons (Fsp3) is 0.750. The van der Waals surface area contributed by atoms with E-state index in [0.29, 0.717) is 18.4 Å². The van der Waals surface area contributed by atoms with Gasteiger partial charge in [0.1, 0.15) is 0 Å². The van der Waals surface area contributed by atoms with E-state index in [-0.39, 0.29) is 11.8 Å². The molecule has 2 heterocycles. The van der Waals surface area contributed by atoms with Gasteiger partial charge in [0.05, 0.1) is 25.9 Å². The van der Waals surface area contributed by atoms with E-state index in [0.717, 1.165) is 67.7 Å². The van der Waals surface area contributed by atoms with Gasteiger partial charge in [0.25, 0.3) is 0 Å². The van der Waals surface area contributed by atoms with Crippen molar-refractivity contribution in [2.75, 3.05) is 26.9 Å². The summed E-state index contributed by atoms with van der Waals surface area (Å²) >= 11 is 1.78. The van der Waals surface area contributed by atoms with Crippen molar-refractivity contribution in [2.45, 2.75) is 64.1 Å². The van der Waals surface area contributed by atoms with E-state index >= 15 is 0 Å². The van der Waals surface area contributed by atoms with Crippen LogP contribution < -0.4 is 5.73 Å². The molecule has 1 aliphatic heterocycles. The number of methoxy groups -OCH3 is 1. The maximum Gasteiger partial charge on any atom is 0.339 e. The van der Waals surface area contributed by atoms with Crippen molar-refractivity contribution >= 4 is 17.3 Å². The van der Waals surface area contributed by atoms with Gasteiger partial charge < -0.3 is 19.9 Å². The average Bonchev–Trinajstić information content (AvgIpc) is 3.24. The van der Waals surface area contributed by atoms with Gasteiger partial charge in [-0.05, 0) is 56.6 Å². The highest BCUT2D eigenvalue weighted by Gasteiger charge is 2.42. The number of nitrogens with two attached hydrogens (primary N) is 1. The minimum atomic E-state index is -0.315. The Hall–Kier alpha value is -0.950. The average molecular weight is 382 g/mol. The Morgan fingerprint density at radius 3 is 2.58 bits per heavy atom. The number of ether oxygens (including phenoxy) is 3. The number of esters is 1. The van der Waals surface area contributed by atoms with Crippen LogP contribution in [-0.4, -0.2) is 38.6 Å². The van der Waals surface area contributed by atoms with Crippen LogP contribution in [0.3, 0.4) is 0 Å². The molecular formula is C20H31NO4S. The van der Waals surface area contributed by atoms with Gasteiger partial charge >= 0.3 is 5.97 Å². The summed E-state index contributed by atoms with van der Waals surface area (Å²) in [5, 5.41) is 0. The fourth-order valence-electron chi connectivity index (χ4n) is 4.41. The molecule has 1 atom stereocenters. The molecule has 1 aliphatic carbocycles. The van der Waals surface area contributed by atoms with E-state index in [1.807, 2.05) is 0 Å². The highest BCUT2D eigenvalue weighted by molar-refractivity contribution is 7.12. The molecule has 1 aromatic rings. The van der Waals surface area contributed by atoms with E-state index in [1.165, 1.54) is 12.0 Å². The number of aryl methyl sites for hydroxylation is 1. The molecule has 0 amide bonds. The van der Waals surface area contributed by atoms with Crippen LogP contribution in [0.1, 0.15) is 70.6 Å². The number of thiophene rings is 1. The zero-order valence-corrected chi connectivity index (χ0v) is 17.0. The lowest BCUT2D eigenvalue weighted by molar-refractivity contribution is -0.183. The number of hydrogen-bond acceptors (Lipinski definition) is 6. The van der Waals surface area contributed by atoms with Crippen molar-refractivity contribution in [2.24, 2.45) is 11.7 Å². The van der Waals surface area contributed by atoms with Crippen molar-refractivity contribution in [3.8, 4) is 0 Å². The predicted octanol–water partition coefficient (Wildman–Crippen LogP) is 3.77. The number of hydrogen-bond donors (Lipinski definition) is 1. The second-order valence-corrected chi connectivity index (χ2v) is 8.64. The summed E-state index contributed by atoms with van der Waals surface area (Å²) in [5.74, 6) is 0.483. The third-order valence-corrected chi connectivity index (χ3v) is 7.53. The van der Waals surface area contributed by atoms with Gasteiger partial charge in [-0.3, -0.25) is 0 Å². The molecule has 1 aromatic heterocycles. The van der Waals surface area contributed by atoms with E-state index in [9.17, 15) is 4.79 Å². The van der Waals surface area contributed by atoms with Gasteiger partial charge in [-0.15, -0.1) is 11.3 Å². The van der Waals surface area contributed by atoms with Gasteiger partial charge in [-0.2, -0.15) is 0 Å². The summed E-state index contributed by atoms with van der Waals surface area (Å²) in [5.41, 5.74) is 7.54. The van der Waals surface area contributed by atoms with Crippen LogP contribution in [0.2, 0.25) is 0 Å². The van der Waals surface area contributed by atoms with Gasteiger partial charge in [0, 0.05) is 22.6 Å². The second-order valence-electron chi connectivity index (χ2n) is 7.51. The van der Waals surface area contributed by atoms with Crippen LogP contribution in [-0.2, 0) is 20.6 Å². The normalized spacial score (nSPS) is 21.2. The van der Waals surface area contributed by atoms with Crippen LogP contribution in [0.25, 0.3) is 0 Å². The maximum absolute atomic E-state index is 12.3. The molecular weight excluding hydrogens is 350 g/mol. The standard InChI is InChI=1S/C20H31NO4S/c1-13(15-6-8-20(9-7-15)24-11-12-25-20)18-14(2)17(19(22)23-3)16(26-18)5-4-10-21/h13,15H,4-12,21H2,1-3H3/t13-/m1/s1.